The van der Waals surface area contributed by atoms with Gasteiger partial charge in [0.05, 0.1) is 48.7 Å². The Morgan fingerprint density at radius 2 is 1.91 bits per heavy atom. The van der Waals surface area contributed by atoms with Gasteiger partial charge < -0.3 is 30.2 Å². The van der Waals surface area contributed by atoms with Crippen LogP contribution in [0.3, 0.4) is 0 Å². The van der Waals surface area contributed by atoms with Gasteiger partial charge in [-0.05, 0) is 31.0 Å². The molecule has 2 aromatic rings. The van der Waals surface area contributed by atoms with E-state index < -0.39 is 16.7 Å². The van der Waals surface area contributed by atoms with Crippen LogP contribution in [0.25, 0.3) is 0 Å². The molecule has 33 heavy (non-hydrogen) atoms. The Balaban J connectivity index is 1.75. The first kappa shape index (κ1) is 24.0. The van der Waals surface area contributed by atoms with Crippen molar-refractivity contribution in [2.24, 2.45) is 0 Å². The molecule has 11 nitrogen and oxygen atoms in total. The van der Waals surface area contributed by atoms with Crippen molar-refractivity contribution in [1.29, 1.82) is 0 Å². The summed E-state index contributed by atoms with van der Waals surface area (Å²) >= 11 is 0. The molecule has 0 spiro atoms. The fourth-order valence-corrected chi connectivity index (χ4v) is 3.38. The molecule has 1 atom stereocenters. The zero-order valence-electron chi connectivity index (χ0n) is 18.4. The van der Waals surface area contributed by atoms with E-state index in [1.165, 1.54) is 26.4 Å². The molecule has 3 rings (SSSR count). The van der Waals surface area contributed by atoms with Gasteiger partial charge in [-0.1, -0.05) is 0 Å². The number of carbonyl (C=O) groups excluding carboxylic acids is 2. The van der Waals surface area contributed by atoms with Gasteiger partial charge in [0.15, 0.2) is 0 Å². The van der Waals surface area contributed by atoms with Crippen LogP contribution in [0.15, 0.2) is 36.4 Å². The van der Waals surface area contributed by atoms with Crippen LogP contribution >= 0.6 is 0 Å². The van der Waals surface area contributed by atoms with Gasteiger partial charge in [-0.2, -0.15) is 0 Å². The second-order valence-electron chi connectivity index (χ2n) is 7.32. The van der Waals surface area contributed by atoms with Crippen LogP contribution in [0.2, 0.25) is 0 Å². The summed E-state index contributed by atoms with van der Waals surface area (Å²) < 4.78 is 15.9. The largest absolute Gasteiger partial charge is 0.497 e. The van der Waals surface area contributed by atoms with Crippen LogP contribution < -0.4 is 25.4 Å². The van der Waals surface area contributed by atoms with Crippen molar-refractivity contribution in [3.8, 4) is 11.5 Å². The first-order valence-corrected chi connectivity index (χ1v) is 10.3. The van der Waals surface area contributed by atoms with E-state index in [0.29, 0.717) is 23.7 Å². The van der Waals surface area contributed by atoms with E-state index in [2.05, 4.69) is 16.0 Å². The van der Waals surface area contributed by atoms with E-state index in [4.69, 9.17) is 14.2 Å². The average Bonchev–Trinajstić information content (AvgIpc) is 3.32. The fourth-order valence-electron chi connectivity index (χ4n) is 3.38. The molecule has 0 unspecified atom stereocenters. The normalized spacial score (nSPS) is 15.0. The zero-order chi connectivity index (χ0) is 23.8. The number of carbonyl (C=O) groups is 2. The molecule has 1 heterocycles. The lowest BCUT2D eigenvalue weighted by atomic mass is 10.1. The number of nitrogens with zero attached hydrogens (tertiary/aromatic N) is 1. The molecule has 1 aliphatic heterocycles. The number of nitro benzene ring substituents is 1. The molecule has 3 N–H and O–H groups in total. The number of rotatable bonds is 10. The summed E-state index contributed by atoms with van der Waals surface area (Å²) in [6.07, 6.45) is 2.02. The van der Waals surface area contributed by atoms with Gasteiger partial charge in [0.1, 0.15) is 11.5 Å². The Hall–Kier alpha value is -3.70. The van der Waals surface area contributed by atoms with Crippen molar-refractivity contribution >= 4 is 28.9 Å². The Bertz CT molecular complexity index is 1020. The van der Waals surface area contributed by atoms with Crippen LogP contribution in [0.1, 0.15) is 23.2 Å². The first-order valence-electron chi connectivity index (χ1n) is 10.3. The van der Waals surface area contributed by atoms with Gasteiger partial charge in [0, 0.05) is 31.4 Å². The van der Waals surface area contributed by atoms with Crippen LogP contribution in [0.5, 0.6) is 11.5 Å². The number of ether oxygens (including phenoxy) is 3. The van der Waals surface area contributed by atoms with E-state index in [0.717, 1.165) is 25.5 Å². The molecule has 11 heteroatoms. The standard InChI is InChI=1S/C22H26N4O7/c1-31-15-6-8-19(20(11-15)32-2)25-22(28)17-10-14(26(29)30)5-7-18(17)24-21(27)13-23-12-16-4-3-9-33-16/h5-8,10-11,16,23H,3-4,9,12-13H2,1-2H3,(H,24,27)(H,25,28)/t16-/m1/s1. The summed E-state index contributed by atoms with van der Waals surface area (Å²) in [4.78, 5) is 36.0. The minimum atomic E-state index is -0.648. The highest BCUT2D eigenvalue weighted by Crippen LogP contribution is 2.30. The van der Waals surface area contributed by atoms with Crippen LogP contribution in [-0.2, 0) is 9.53 Å². The molecular weight excluding hydrogens is 432 g/mol. The minimum absolute atomic E-state index is 0.00418. The molecule has 0 saturated carbocycles. The first-order chi connectivity index (χ1) is 15.9. The molecule has 2 amide bonds. The van der Waals surface area contributed by atoms with Gasteiger partial charge in [0.2, 0.25) is 5.91 Å². The third-order valence-electron chi connectivity index (χ3n) is 5.07. The third kappa shape index (κ3) is 6.40. The lowest BCUT2D eigenvalue weighted by molar-refractivity contribution is -0.384. The molecule has 1 aliphatic rings. The number of anilines is 2. The van der Waals surface area contributed by atoms with E-state index in [9.17, 15) is 19.7 Å². The maximum absolute atomic E-state index is 13.0. The van der Waals surface area contributed by atoms with Gasteiger partial charge >= 0.3 is 0 Å². The molecule has 176 valence electrons. The van der Waals surface area contributed by atoms with Gasteiger partial charge in [-0.3, -0.25) is 19.7 Å². The molecule has 1 fully saturated rings. The average molecular weight is 458 g/mol. The molecule has 0 bridgehead atoms. The number of benzene rings is 2. The van der Waals surface area contributed by atoms with Crippen LogP contribution in [0.4, 0.5) is 17.1 Å². The summed E-state index contributed by atoms with van der Waals surface area (Å²) in [6.45, 7) is 1.27. The van der Waals surface area contributed by atoms with Gasteiger partial charge in [-0.25, -0.2) is 0 Å². The predicted octanol–water partition coefficient (Wildman–Crippen LogP) is 2.57. The Labute approximate surface area is 190 Å². The summed E-state index contributed by atoms with van der Waals surface area (Å²) in [5.41, 5.74) is 0.144. The number of amides is 2. The summed E-state index contributed by atoms with van der Waals surface area (Å²) in [5, 5.41) is 19.6. The molecule has 1 saturated heterocycles. The smallest absolute Gasteiger partial charge is 0.270 e. The van der Waals surface area contributed by atoms with Crippen molar-refractivity contribution in [3.63, 3.8) is 0 Å². The Morgan fingerprint density at radius 1 is 1.12 bits per heavy atom. The van der Waals surface area contributed by atoms with Crippen LogP contribution in [0, 0.1) is 10.1 Å². The maximum Gasteiger partial charge on any atom is 0.270 e. The van der Waals surface area contributed by atoms with Crippen molar-refractivity contribution < 1.29 is 28.7 Å². The predicted molar refractivity (Wildman–Crippen MR) is 121 cm³/mol. The van der Waals surface area contributed by atoms with Crippen LogP contribution in [-0.4, -0.2) is 56.8 Å². The van der Waals surface area contributed by atoms with E-state index in [1.807, 2.05) is 0 Å². The monoisotopic (exact) mass is 458 g/mol. The Morgan fingerprint density at radius 3 is 2.58 bits per heavy atom. The molecule has 0 aromatic heterocycles. The van der Waals surface area contributed by atoms with Gasteiger partial charge in [-0.15, -0.1) is 0 Å². The molecule has 0 radical (unpaired) electrons. The number of methoxy groups -OCH3 is 2. The lowest BCUT2D eigenvalue weighted by Crippen LogP contribution is -2.34. The maximum atomic E-state index is 13.0. The Kier molecular flexibility index (Phi) is 8.17. The van der Waals surface area contributed by atoms with Crippen molar-refractivity contribution in [2.75, 3.05) is 44.5 Å². The van der Waals surface area contributed by atoms with E-state index in [-0.39, 0.29) is 29.6 Å². The zero-order valence-corrected chi connectivity index (χ0v) is 18.4. The number of hydrogen-bond acceptors (Lipinski definition) is 8. The van der Waals surface area contributed by atoms with Gasteiger partial charge in [0.25, 0.3) is 11.6 Å². The second kappa shape index (κ2) is 11.2. The van der Waals surface area contributed by atoms with E-state index >= 15 is 0 Å². The van der Waals surface area contributed by atoms with E-state index in [1.54, 1.807) is 18.2 Å². The number of hydrogen-bond donors (Lipinski definition) is 3. The lowest BCUT2D eigenvalue weighted by Gasteiger charge is -2.15. The second-order valence-corrected chi connectivity index (χ2v) is 7.32. The highest BCUT2D eigenvalue weighted by Gasteiger charge is 2.20. The number of nitro groups is 1. The van der Waals surface area contributed by atoms with Crippen molar-refractivity contribution in [2.45, 2.75) is 18.9 Å². The highest BCUT2D eigenvalue weighted by atomic mass is 16.6. The number of nitrogens with one attached hydrogen (secondary N) is 3. The summed E-state index contributed by atoms with van der Waals surface area (Å²) in [5.74, 6) is -0.164. The fraction of sp³-hybridized carbons (Fsp3) is 0.364. The third-order valence-corrected chi connectivity index (χ3v) is 5.07. The topological polar surface area (TPSA) is 141 Å². The number of non-ortho nitro benzene ring substituents is 1. The van der Waals surface area contributed by atoms with Crippen molar-refractivity contribution in [3.05, 3.63) is 52.1 Å². The quantitative estimate of drug-likeness (QED) is 0.364. The molecule has 0 aliphatic carbocycles. The molecule has 2 aromatic carbocycles. The minimum Gasteiger partial charge on any atom is -0.497 e. The SMILES string of the molecule is COc1ccc(NC(=O)c2cc([N+](=O)[O-])ccc2NC(=O)CNC[C@H]2CCCO2)c(OC)c1. The summed E-state index contributed by atoms with van der Waals surface area (Å²) in [6, 6.07) is 8.47. The summed E-state index contributed by atoms with van der Waals surface area (Å²) in [7, 11) is 2.94. The van der Waals surface area contributed by atoms with Crippen molar-refractivity contribution in [1.82, 2.24) is 5.32 Å². The highest BCUT2D eigenvalue weighted by molar-refractivity contribution is 6.11. The molecular formula is C22H26N4O7.